The number of rotatable bonds is 6. The largest absolute Gasteiger partial charge is 0.322 e. The van der Waals surface area contributed by atoms with Crippen molar-refractivity contribution in [3.05, 3.63) is 65.7 Å². The van der Waals surface area contributed by atoms with E-state index in [0.717, 1.165) is 5.56 Å². The van der Waals surface area contributed by atoms with Crippen LogP contribution in [-0.4, -0.2) is 23.9 Å². The summed E-state index contributed by atoms with van der Waals surface area (Å²) >= 11 is 0. The Morgan fingerprint density at radius 1 is 1.13 bits per heavy atom. The van der Waals surface area contributed by atoms with Crippen molar-refractivity contribution in [3.63, 3.8) is 0 Å². The van der Waals surface area contributed by atoms with Crippen LogP contribution < -0.4 is 5.32 Å². The predicted octanol–water partition coefficient (Wildman–Crippen LogP) is 3.99. The second-order valence-corrected chi connectivity index (χ2v) is 5.32. The van der Waals surface area contributed by atoms with Gasteiger partial charge in [0.25, 0.3) is 0 Å². The average Bonchev–Trinajstić information content (AvgIpc) is 2.55. The van der Waals surface area contributed by atoms with E-state index < -0.39 is 5.82 Å². The number of hydrogen-bond acceptors (Lipinski definition) is 2. The van der Waals surface area contributed by atoms with Gasteiger partial charge in [0.05, 0.1) is 12.2 Å². The lowest BCUT2D eigenvalue weighted by atomic mass is 10.1. The number of halogens is 2. The van der Waals surface area contributed by atoms with Gasteiger partial charge in [0.1, 0.15) is 11.6 Å². The molecule has 0 bridgehead atoms. The number of amides is 1. The third-order valence-electron chi connectivity index (χ3n) is 3.80. The van der Waals surface area contributed by atoms with Gasteiger partial charge in [0.2, 0.25) is 5.91 Å². The van der Waals surface area contributed by atoms with E-state index >= 15 is 0 Å². The zero-order chi connectivity index (χ0) is 16.8. The van der Waals surface area contributed by atoms with Crippen LogP contribution in [0.1, 0.15) is 25.5 Å². The van der Waals surface area contributed by atoms with Crippen LogP contribution in [0.2, 0.25) is 0 Å². The summed E-state index contributed by atoms with van der Waals surface area (Å²) in [5.41, 5.74) is 1.09. The number of anilines is 1. The lowest BCUT2D eigenvalue weighted by molar-refractivity contribution is -0.117. The number of para-hydroxylation sites is 1. The number of benzene rings is 2. The number of nitrogens with zero attached hydrogens (tertiary/aromatic N) is 1. The summed E-state index contributed by atoms with van der Waals surface area (Å²) in [5, 5.41) is 2.57. The zero-order valence-electron chi connectivity index (χ0n) is 13.2. The minimum atomic E-state index is -0.463. The highest BCUT2D eigenvalue weighted by Gasteiger charge is 2.18. The molecule has 0 spiro atoms. The van der Waals surface area contributed by atoms with E-state index in [4.69, 9.17) is 0 Å². The average molecular weight is 318 g/mol. The molecule has 1 N–H and O–H groups in total. The summed E-state index contributed by atoms with van der Waals surface area (Å²) in [4.78, 5) is 14.1. The molecule has 0 fully saturated rings. The first-order valence-corrected chi connectivity index (χ1v) is 7.55. The Morgan fingerprint density at radius 3 is 2.39 bits per heavy atom. The van der Waals surface area contributed by atoms with Gasteiger partial charge in [-0.25, -0.2) is 8.78 Å². The van der Waals surface area contributed by atoms with Crippen LogP contribution >= 0.6 is 0 Å². The minimum absolute atomic E-state index is 0.0491. The Kier molecular flexibility index (Phi) is 5.82. The van der Waals surface area contributed by atoms with E-state index in [-0.39, 0.29) is 30.0 Å². The van der Waals surface area contributed by atoms with Crippen molar-refractivity contribution in [3.8, 4) is 0 Å². The van der Waals surface area contributed by atoms with Gasteiger partial charge in [0, 0.05) is 6.04 Å². The van der Waals surface area contributed by atoms with Gasteiger partial charge < -0.3 is 5.32 Å². The standard InChI is InChI=1S/C18H20F2N2O/c1-3-22(13(2)14-8-10-15(19)11-9-14)12-18(23)21-17-7-5-4-6-16(17)20/h4-11,13H,3,12H2,1-2H3,(H,21,23). The van der Waals surface area contributed by atoms with Crippen molar-refractivity contribution in [2.75, 3.05) is 18.4 Å². The number of carbonyl (C=O) groups excluding carboxylic acids is 1. The van der Waals surface area contributed by atoms with Crippen LogP contribution in [0.5, 0.6) is 0 Å². The molecule has 0 aliphatic rings. The Bertz CT molecular complexity index is 658. The zero-order valence-corrected chi connectivity index (χ0v) is 13.2. The molecule has 2 aromatic carbocycles. The molecule has 2 rings (SSSR count). The monoisotopic (exact) mass is 318 g/mol. The van der Waals surface area contributed by atoms with Crippen molar-refractivity contribution in [2.24, 2.45) is 0 Å². The molecular formula is C18H20F2N2O. The van der Waals surface area contributed by atoms with Gasteiger partial charge in [-0.15, -0.1) is 0 Å². The molecule has 0 aliphatic heterocycles. The van der Waals surface area contributed by atoms with Crippen molar-refractivity contribution >= 4 is 11.6 Å². The van der Waals surface area contributed by atoms with Crippen LogP contribution in [0, 0.1) is 11.6 Å². The molecular weight excluding hydrogens is 298 g/mol. The molecule has 1 unspecified atom stereocenters. The number of hydrogen-bond donors (Lipinski definition) is 1. The number of nitrogens with one attached hydrogen (secondary N) is 1. The Balaban J connectivity index is 2.02. The van der Waals surface area contributed by atoms with Crippen LogP contribution in [0.25, 0.3) is 0 Å². The first kappa shape index (κ1) is 17.1. The van der Waals surface area contributed by atoms with Crippen LogP contribution in [-0.2, 0) is 4.79 Å². The second kappa shape index (κ2) is 7.83. The van der Waals surface area contributed by atoms with Gasteiger partial charge in [-0.2, -0.15) is 0 Å². The minimum Gasteiger partial charge on any atom is -0.322 e. The molecule has 2 aromatic rings. The molecule has 0 aromatic heterocycles. The highest BCUT2D eigenvalue weighted by atomic mass is 19.1. The van der Waals surface area contributed by atoms with E-state index in [2.05, 4.69) is 5.32 Å². The normalized spacial score (nSPS) is 12.2. The number of carbonyl (C=O) groups is 1. The van der Waals surface area contributed by atoms with Crippen LogP contribution in [0.15, 0.2) is 48.5 Å². The topological polar surface area (TPSA) is 32.3 Å². The van der Waals surface area contributed by atoms with E-state index in [9.17, 15) is 13.6 Å². The third kappa shape index (κ3) is 4.60. The molecule has 5 heteroatoms. The van der Waals surface area contributed by atoms with Gasteiger partial charge in [-0.1, -0.05) is 31.2 Å². The van der Waals surface area contributed by atoms with E-state index in [1.165, 1.54) is 24.3 Å². The van der Waals surface area contributed by atoms with Crippen LogP contribution in [0.4, 0.5) is 14.5 Å². The lowest BCUT2D eigenvalue weighted by Crippen LogP contribution is -2.35. The van der Waals surface area contributed by atoms with E-state index in [0.29, 0.717) is 6.54 Å². The van der Waals surface area contributed by atoms with Gasteiger partial charge >= 0.3 is 0 Å². The highest BCUT2D eigenvalue weighted by molar-refractivity contribution is 5.92. The summed E-state index contributed by atoms with van der Waals surface area (Å²) in [5.74, 6) is -1.04. The molecule has 3 nitrogen and oxygen atoms in total. The van der Waals surface area contributed by atoms with Crippen molar-refractivity contribution in [1.82, 2.24) is 4.90 Å². The summed E-state index contributed by atoms with van der Waals surface area (Å²) in [6, 6.07) is 12.2. The van der Waals surface area contributed by atoms with Gasteiger partial charge in [0.15, 0.2) is 0 Å². The summed E-state index contributed by atoms with van der Waals surface area (Å²) < 4.78 is 26.6. The molecule has 1 amide bonds. The molecule has 0 heterocycles. The highest BCUT2D eigenvalue weighted by Crippen LogP contribution is 2.20. The number of likely N-dealkylation sites (N-methyl/N-ethyl adjacent to an activating group) is 1. The molecule has 122 valence electrons. The maximum atomic E-state index is 13.6. The molecule has 0 saturated carbocycles. The maximum absolute atomic E-state index is 13.6. The first-order chi connectivity index (χ1) is 11.0. The van der Waals surface area contributed by atoms with Crippen molar-refractivity contribution < 1.29 is 13.6 Å². The lowest BCUT2D eigenvalue weighted by Gasteiger charge is -2.27. The predicted molar refractivity (Wildman–Crippen MR) is 87.1 cm³/mol. The van der Waals surface area contributed by atoms with Gasteiger partial charge in [-0.3, -0.25) is 9.69 Å². The summed E-state index contributed by atoms with van der Waals surface area (Å²) in [7, 11) is 0. The second-order valence-electron chi connectivity index (χ2n) is 5.32. The Labute approximate surface area is 134 Å². The van der Waals surface area contributed by atoms with E-state index in [1.807, 2.05) is 18.7 Å². The SMILES string of the molecule is CCN(CC(=O)Nc1ccccc1F)C(C)c1ccc(F)cc1. The van der Waals surface area contributed by atoms with Crippen molar-refractivity contribution in [2.45, 2.75) is 19.9 Å². The maximum Gasteiger partial charge on any atom is 0.238 e. The Hall–Kier alpha value is -2.27. The third-order valence-corrected chi connectivity index (χ3v) is 3.80. The quantitative estimate of drug-likeness (QED) is 0.873. The summed E-state index contributed by atoms with van der Waals surface area (Å²) in [6.07, 6.45) is 0. The fourth-order valence-electron chi connectivity index (χ4n) is 2.41. The Morgan fingerprint density at radius 2 is 1.78 bits per heavy atom. The van der Waals surface area contributed by atoms with Crippen molar-refractivity contribution in [1.29, 1.82) is 0 Å². The molecule has 23 heavy (non-hydrogen) atoms. The molecule has 0 radical (unpaired) electrons. The van der Waals surface area contributed by atoms with E-state index in [1.54, 1.807) is 24.3 Å². The molecule has 0 aliphatic carbocycles. The molecule has 1 atom stereocenters. The fraction of sp³-hybridized carbons (Fsp3) is 0.278. The van der Waals surface area contributed by atoms with Gasteiger partial charge in [-0.05, 0) is 43.3 Å². The smallest absolute Gasteiger partial charge is 0.238 e. The summed E-state index contributed by atoms with van der Waals surface area (Å²) in [6.45, 7) is 4.66. The fourth-order valence-corrected chi connectivity index (χ4v) is 2.41. The van der Waals surface area contributed by atoms with Crippen LogP contribution in [0.3, 0.4) is 0 Å². The molecule has 0 saturated heterocycles. The first-order valence-electron chi connectivity index (χ1n) is 7.55.